The number of aromatic hydroxyl groups is 1. The summed E-state index contributed by atoms with van der Waals surface area (Å²) in [6.07, 6.45) is 0.226. The minimum Gasteiger partial charge on any atom is -0.508 e. The number of hydrogen-bond acceptors (Lipinski definition) is 1. The monoisotopic (exact) mass is 168 g/mol. The Balaban J connectivity index is 2.79. The molecule has 0 bridgehead atoms. The van der Waals surface area contributed by atoms with Crippen LogP contribution in [0.3, 0.4) is 0 Å². The van der Waals surface area contributed by atoms with Crippen molar-refractivity contribution >= 4 is 0 Å². The maximum Gasteiger partial charge on any atom is 0.129 e. The molecule has 0 radical (unpaired) electrons. The summed E-state index contributed by atoms with van der Waals surface area (Å²) in [5.74, 6) is 0.0541. The Bertz CT molecular complexity index is 247. The van der Waals surface area contributed by atoms with Crippen LogP contribution in [0, 0.1) is 0 Å². The summed E-state index contributed by atoms with van der Waals surface area (Å²) >= 11 is 0. The molecule has 12 heavy (non-hydrogen) atoms. The zero-order valence-electron chi connectivity index (χ0n) is 7.13. The van der Waals surface area contributed by atoms with Crippen molar-refractivity contribution in [2.24, 2.45) is 0 Å². The van der Waals surface area contributed by atoms with E-state index in [0.29, 0.717) is 12.0 Å². The minimum absolute atomic E-state index is 0.0541. The fraction of sp³-hybridized carbons (Fsp3) is 0.400. The van der Waals surface area contributed by atoms with Crippen molar-refractivity contribution < 1.29 is 9.50 Å². The van der Waals surface area contributed by atoms with Crippen LogP contribution in [0.5, 0.6) is 5.75 Å². The third kappa shape index (κ3) is 1.97. The topological polar surface area (TPSA) is 20.2 Å². The Labute approximate surface area is 71.9 Å². The van der Waals surface area contributed by atoms with Gasteiger partial charge in [0.1, 0.15) is 11.9 Å². The van der Waals surface area contributed by atoms with Crippen LogP contribution in [-0.2, 0) is 0 Å². The molecule has 2 heteroatoms. The fourth-order valence-electron chi connectivity index (χ4n) is 1.16. The highest BCUT2D eigenvalue weighted by molar-refractivity contribution is 5.33. The molecule has 1 nitrogen and oxygen atoms in total. The maximum atomic E-state index is 13.2. The van der Waals surface area contributed by atoms with E-state index in [9.17, 15) is 9.50 Å². The zero-order chi connectivity index (χ0) is 8.97. The van der Waals surface area contributed by atoms with Gasteiger partial charge in [-0.2, -0.15) is 0 Å². The molecule has 0 aromatic heterocycles. The number of phenols is 1. The molecule has 1 aromatic carbocycles. The predicted octanol–water partition coefficient (Wildman–Crippen LogP) is 3.20. The highest BCUT2D eigenvalue weighted by Gasteiger charge is 2.11. The van der Waals surface area contributed by atoms with Gasteiger partial charge in [-0.15, -0.1) is 0 Å². The van der Waals surface area contributed by atoms with Crippen LogP contribution in [-0.4, -0.2) is 5.11 Å². The lowest BCUT2D eigenvalue weighted by Crippen LogP contribution is -1.90. The number of benzene rings is 1. The van der Waals surface area contributed by atoms with Crippen molar-refractivity contribution in [1.82, 2.24) is 0 Å². The van der Waals surface area contributed by atoms with Crippen LogP contribution in [0.1, 0.15) is 31.5 Å². The lowest BCUT2D eigenvalue weighted by atomic mass is 10.1. The first-order valence-electron chi connectivity index (χ1n) is 4.17. The van der Waals surface area contributed by atoms with E-state index in [-0.39, 0.29) is 5.75 Å². The van der Waals surface area contributed by atoms with Crippen LogP contribution in [0.2, 0.25) is 0 Å². The molecular formula is C10H13FO. The molecule has 0 aliphatic heterocycles. The SMILES string of the molecule is CCCC(F)c1ccccc1O. The summed E-state index contributed by atoms with van der Waals surface area (Å²) in [6, 6.07) is 6.56. The van der Waals surface area contributed by atoms with Crippen molar-refractivity contribution in [3.8, 4) is 5.75 Å². The summed E-state index contributed by atoms with van der Waals surface area (Å²) < 4.78 is 13.2. The van der Waals surface area contributed by atoms with Crippen molar-refractivity contribution in [2.45, 2.75) is 25.9 Å². The first kappa shape index (κ1) is 9.04. The van der Waals surface area contributed by atoms with Gasteiger partial charge in [0.05, 0.1) is 0 Å². The predicted molar refractivity (Wildman–Crippen MR) is 46.9 cm³/mol. The third-order valence-corrected chi connectivity index (χ3v) is 1.82. The molecule has 1 unspecified atom stereocenters. The van der Waals surface area contributed by atoms with Gasteiger partial charge in [-0.25, -0.2) is 4.39 Å². The lowest BCUT2D eigenvalue weighted by Gasteiger charge is -2.07. The number of halogens is 1. The second kappa shape index (κ2) is 4.10. The number of alkyl halides is 1. The molecule has 0 spiro atoms. The third-order valence-electron chi connectivity index (χ3n) is 1.82. The summed E-state index contributed by atoms with van der Waals surface area (Å²) in [4.78, 5) is 0. The van der Waals surface area contributed by atoms with Gasteiger partial charge < -0.3 is 5.11 Å². The van der Waals surface area contributed by atoms with E-state index >= 15 is 0 Å². The molecule has 1 N–H and O–H groups in total. The van der Waals surface area contributed by atoms with Gasteiger partial charge in [0, 0.05) is 5.56 Å². The fourth-order valence-corrected chi connectivity index (χ4v) is 1.16. The Morgan fingerprint density at radius 2 is 2.08 bits per heavy atom. The van der Waals surface area contributed by atoms with Crippen LogP contribution in [0.15, 0.2) is 24.3 Å². The van der Waals surface area contributed by atoms with Crippen LogP contribution < -0.4 is 0 Å². The van der Waals surface area contributed by atoms with E-state index < -0.39 is 6.17 Å². The first-order valence-corrected chi connectivity index (χ1v) is 4.17. The molecule has 1 rings (SSSR count). The quantitative estimate of drug-likeness (QED) is 0.734. The second-order valence-electron chi connectivity index (χ2n) is 2.82. The van der Waals surface area contributed by atoms with Gasteiger partial charge in [-0.1, -0.05) is 31.5 Å². The Morgan fingerprint density at radius 1 is 1.42 bits per heavy atom. The molecule has 1 atom stereocenters. The average Bonchev–Trinajstić information content (AvgIpc) is 2.05. The van der Waals surface area contributed by atoms with Crippen molar-refractivity contribution in [1.29, 1.82) is 0 Å². The summed E-state index contributed by atoms with van der Waals surface area (Å²) in [5, 5.41) is 9.27. The molecule has 66 valence electrons. The molecule has 0 saturated carbocycles. The number of para-hydroxylation sites is 1. The Kier molecular flexibility index (Phi) is 3.09. The van der Waals surface area contributed by atoms with Gasteiger partial charge in [0.2, 0.25) is 0 Å². The average molecular weight is 168 g/mol. The highest BCUT2D eigenvalue weighted by Crippen LogP contribution is 2.29. The van der Waals surface area contributed by atoms with E-state index in [0.717, 1.165) is 6.42 Å². The zero-order valence-corrected chi connectivity index (χ0v) is 7.13. The van der Waals surface area contributed by atoms with E-state index in [1.54, 1.807) is 18.2 Å². The molecule has 0 fully saturated rings. The Morgan fingerprint density at radius 3 is 2.67 bits per heavy atom. The number of hydrogen-bond donors (Lipinski definition) is 1. The van der Waals surface area contributed by atoms with Crippen LogP contribution in [0.4, 0.5) is 4.39 Å². The van der Waals surface area contributed by atoms with E-state index in [2.05, 4.69) is 0 Å². The lowest BCUT2D eigenvalue weighted by molar-refractivity contribution is 0.310. The molecule has 0 aliphatic carbocycles. The first-order chi connectivity index (χ1) is 5.75. The smallest absolute Gasteiger partial charge is 0.129 e. The number of phenolic OH excluding ortho intramolecular Hbond substituents is 1. The van der Waals surface area contributed by atoms with Gasteiger partial charge in [0.25, 0.3) is 0 Å². The summed E-state index contributed by atoms with van der Waals surface area (Å²) in [5.41, 5.74) is 0.402. The minimum atomic E-state index is -1.03. The highest BCUT2D eigenvalue weighted by atomic mass is 19.1. The molecule has 1 aromatic rings. The van der Waals surface area contributed by atoms with Gasteiger partial charge >= 0.3 is 0 Å². The van der Waals surface area contributed by atoms with E-state index in [1.165, 1.54) is 6.07 Å². The van der Waals surface area contributed by atoms with Crippen LogP contribution in [0.25, 0.3) is 0 Å². The number of rotatable bonds is 3. The van der Waals surface area contributed by atoms with Crippen molar-refractivity contribution in [3.63, 3.8) is 0 Å². The normalized spacial score (nSPS) is 12.8. The molecule has 0 amide bonds. The Hall–Kier alpha value is -1.05. The van der Waals surface area contributed by atoms with Gasteiger partial charge in [-0.05, 0) is 12.5 Å². The van der Waals surface area contributed by atoms with Gasteiger partial charge in [0.15, 0.2) is 0 Å². The van der Waals surface area contributed by atoms with Crippen molar-refractivity contribution in [3.05, 3.63) is 29.8 Å². The van der Waals surface area contributed by atoms with Crippen LogP contribution >= 0.6 is 0 Å². The molecule has 0 aliphatic rings. The van der Waals surface area contributed by atoms with E-state index in [4.69, 9.17) is 0 Å². The van der Waals surface area contributed by atoms with Gasteiger partial charge in [-0.3, -0.25) is 0 Å². The second-order valence-corrected chi connectivity index (χ2v) is 2.82. The molecule has 0 heterocycles. The molecule has 0 saturated heterocycles. The van der Waals surface area contributed by atoms with Crippen molar-refractivity contribution in [2.75, 3.05) is 0 Å². The maximum absolute atomic E-state index is 13.2. The summed E-state index contributed by atoms with van der Waals surface area (Å²) in [7, 11) is 0. The molecular weight excluding hydrogens is 155 g/mol. The largest absolute Gasteiger partial charge is 0.508 e. The van der Waals surface area contributed by atoms with E-state index in [1.807, 2.05) is 6.92 Å². The summed E-state index contributed by atoms with van der Waals surface area (Å²) in [6.45, 7) is 1.92. The standard InChI is InChI=1S/C10H13FO/c1-2-5-9(11)8-6-3-4-7-10(8)12/h3-4,6-7,9,12H,2,5H2,1H3.